The van der Waals surface area contributed by atoms with E-state index in [0.717, 1.165) is 6.29 Å². The number of nitrogens with zero attached hydrogens (tertiary/aromatic N) is 3. The van der Waals surface area contributed by atoms with Gasteiger partial charge in [-0.2, -0.15) is 10.2 Å². The van der Waals surface area contributed by atoms with E-state index in [2.05, 4.69) is 9.97 Å². The third kappa shape index (κ3) is 4.07. The lowest BCUT2D eigenvalue weighted by Crippen LogP contribution is -2.05. The maximum atomic E-state index is 11.1. The molecule has 9 nitrogen and oxygen atoms in total. The van der Waals surface area contributed by atoms with Gasteiger partial charge >= 0.3 is 0 Å². The van der Waals surface area contributed by atoms with E-state index in [4.69, 9.17) is 25.7 Å². The molecule has 9 heteroatoms. The number of nitrogens with two attached hydrogens (primary N) is 2. The Morgan fingerprint density at radius 1 is 1.03 bits per heavy atom. The van der Waals surface area contributed by atoms with Gasteiger partial charge in [0, 0.05) is 16.7 Å². The molecule has 0 saturated heterocycles. The second-order valence-corrected chi connectivity index (χ2v) is 6.15. The van der Waals surface area contributed by atoms with Crippen molar-refractivity contribution in [3.63, 3.8) is 0 Å². The first kappa shape index (κ1) is 20.4. The van der Waals surface area contributed by atoms with E-state index in [9.17, 15) is 10.1 Å². The van der Waals surface area contributed by atoms with Crippen LogP contribution in [0, 0.1) is 11.3 Å². The Morgan fingerprint density at radius 2 is 1.77 bits per heavy atom. The standard InChI is InChI=1S/C21H19N5O4/c1-28-16-5-3-12(10-27)7-14(16)11-30-17-6-4-13(8-18(17)29-2)19-15(9-22)20(23)26-21(24)25-19/h3-8,10H,11H2,1-2H3,(H4,23,24,25,26). The minimum absolute atomic E-state index is 0.00134. The van der Waals surface area contributed by atoms with Crippen molar-refractivity contribution >= 4 is 18.1 Å². The predicted octanol–water partition coefficient (Wildman–Crippen LogP) is 2.59. The molecule has 0 bridgehead atoms. The van der Waals surface area contributed by atoms with Crippen LogP contribution in [0.25, 0.3) is 11.3 Å². The van der Waals surface area contributed by atoms with Crippen molar-refractivity contribution in [2.75, 3.05) is 25.7 Å². The van der Waals surface area contributed by atoms with Crippen LogP contribution in [0.1, 0.15) is 21.5 Å². The highest BCUT2D eigenvalue weighted by Crippen LogP contribution is 2.35. The topological polar surface area (TPSA) is 146 Å². The molecule has 0 amide bonds. The van der Waals surface area contributed by atoms with Gasteiger partial charge < -0.3 is 25.7 Å². The largest absolute Gasteiger partial charge is 0.496 e. The third-order valence-corrected chi connectivity index (χ3v) is 4.33. The lowest BCUT2D eigenvalue weighted by Gasteiger charge is -2.14. The number of nitrogen functional groups attached to an aromatic ring is 2. The van der Waals surface area contributed by atoms with Crippen LogP contribution in [0.15, 0.2) is 36.4 Å². The second kappa shape index (κ2) is 8.79. The van der Waals surface area contributed by atoms with Gasteiger partial charge in [0.25, 0.3) is 0 Å². The molecule has 0 unspecified atom stereocenters. The van der Waals surface area contributed by atoms with E-state index < -0.39 is 0 Å². The molecular weight excluding hydrogens is 386 g/mol. The van der Waals surface area contributed by atoms with Gasteiger partial charge in [0.15, 0.2) is 11.5 Å². The molecule has 3 aromatic rings. The Balaban J connectivity index is 1.93. The van der Waals surface area contributed by atoms with E-state index in [-0.39, 0.29) is 23.9 Å². The normalized spacial score (nSPS) is 10.2. The number of methoxy groups -OCH3 is 2. The van der Waals surface area contributed by atoms with Gasteiger partial charge in [-0.15, -0.1) is 0 Å². The summed E-state index contributed by atoms with van der Waals surface area (Å²) in [5.74, 6) is 1.43. The van der Waals surface area contributed by atoms with E-state index in [1.165, 1.54) is 7.11 Å². The smallest absolute Gasteiger partial charge is 0.222 e. The SMILES string of the molecule is COc1ccc(C=O)cc1COc1ccc(-c2nc(N)nc(N)c2C#N)cc1OC. The predicted molar refractivity (Wildman–Crippen MR) is 110 cm³/mol. The first-order valence-corrected chi connectivity index (χ1v) is 8.77. The molecule has 152 valence electrons. The molecule has 0 aliphatic carbocycles. The van der Waals surface area contributed by atoms with Gasteiger partial charge in [-0.1, -0.05) is 0 Å². The van der Waals surface area contributed by atoms with Crippen molar-refractivity contribution in [1.82, 2.24) is 9.97 Å². The molecule has 0 radical (unpaired) electrons. The van der Waals surface area contributed by atoms with Gasteiger partial charge in [0.05, 0.1) is 19.9 Å². The molecule has 2 aromatic carbocycles. The number of rotatable bonds is 7. The Morgan fingerprint density at radius 3 is 2.43 bits per heavy atom. The molecule has 0 fully saturated rings. The zero-order valence-corrected chi connectivity index (χ0v) is 16.4. The van der Waals surface area contributed by atoms with Crippen LogP contribution in [0.4, 0.5) is 11.8 Å². The van der Waals surface area contributed by atoms with Crippen LogP contribution in [0.3, 0.4) is 0 Å². The van der Waals surface area contributed by atoms with Crippen LogP contribution in [-0.2, 0) is 6.61 Å². The third-order valence-electron chi connectivity index (χ3n) is 4.33. The Kier molecular flexibility index (Phi) is 5.98. The number of anilines is 2. The number of ether oxygens (including phenoxy) is 3. The van der Waals surface area contributed by atoms with Gasteiger partial charge in [-0.3, -0.25) is 4.79 Å². The zero-order chi connectivity index (χ0) is 21.7. The minimum Gasteiger partial charge on any atom is -0.496 e. The van der Waals surface area contributed by atoms with Crippen LogP contribution < -0.4 is 25.7 Å². The van der Waals surface area contributed by atoms with Gasteiger partial charge in [0.2, 0.25) is 5.95 Å². The van der Waals surface area contributed by atoms with Crippen molar-refractivity contribution in [1.29, 1.82) is 5.26 Å². The summed E-state index contributed by atoms with van der Waals surface area (Å²) in [4.78, 5) is 19.0. The monoisotopic (exact) mass is 405 g/mol. The molecular formula is C21H19N5O4. The van der Waals surface area contributed by atoms with Crippen LogP contribution in [-0.4, -0.2) is 30.5 Å². The maximum absolute atomic E-state index is 11.1. The molecule has 3 rings (SSSR count). The number of aromatic nitrogens is 2. The summed E-state index contributed by atoms with van der Waals surface area (Å²) in [5.41, 5.74) is 13.7. The highest BCUT2D eigenvalue weighted by Gasteiger charge is 2.16. The fourth-order valence-corrected chi connectivity index (χ4v) is 2.89. The highest BCUT2D eigenvalue weighted by atomic mass is 16.5. The molecule has 1 aromatic heterocycles. The molecule has 0 atom stereocenters. The summed E-state index contributed by atoms with van der Waals surface area (Å²) in [6.45, 7) is 0.150. The highest BCUT2D eigenvalue weighted by molar-refractivity contribution is 5.76. The Hall–Kier alpha value is -4.32. The molecule has 0 aliphatic rings. The van der Waals surface area contributed by atoms with Crippen molar-refractivity contribution in [3.8, 4) is 34.6 Å². The fraction of sp³-hybridized carbons (Fsp3) is 0.143. The van der Waals surface area contributed by atoms with Crippen molar-refractivity contribution in [2.45, 2.75) is 6.61 Å². The van der Waals surface area contributed by atoms with E-state index in [0.29, 0.717) is 39.6 Å². The van der Waals surface area contributed by atoms with Crippen LogP contribution in [0.5, 0.6) is 17.2 Å². The van der Waals surface area contributed by atoms with Gasteiger partial charge in [0.1, 0.15) is 36.1 Å². The van der Waals surface area contributed by atoms with Crippen molar-refractivity contribution < 1.29 is 19.0 Å². The first-order chi connectivity index (χ1) is 14.5. The van der Waals surface area contributed by atoms with Crippen molar-refractivity contribution in [3.05, 3.63) is 53.1 Å². The lowest BCUT2D eigenvalue weighted by molar-refractivity contribution is 0.112. The summed E-state index contributed by atoms with van der Waals surface area (Å²) in [7, 11) is 3.04. The second-order valence-electron chi connectivity index (χ2n) is 6.15. The van der Waals surface area contributed by atoms with Gasteiger partial charge in [-0.05, 0) is 36.4 Å². The average Bonchev–Trinajstić information content (AvgIpc) is 2.76. The quantitative estimate of drug-likeness (QED) is 0.566. The Bertz CT molecular complexity index is 1140. The molecule has 4 N–H and O–H groups in total. The lowest BCUT2D eigenvalue weighted by atomic mass is 10.1. The summed E-state index contributed by atoms with van der Waals surface area (Å²) in [5, 5.41) is 9.39. The zero-order valence-electron chi connectivity index (χ0n) is 16.4. The average molecular weight is 405 g/mol. The summed E-state index contributed by atoms with van der Waals surface area (Å²) in [6, 6.07) is 12.1. The molecule has 0 saturated carbocycles. The first-order valence-electron chi connectivity index (χ1n) is 8.77. The minimum atomic E-state index is -0.0389. The van der Waals surface area contributed by atoms with E-state index in [1.54, 1.807) is 43.5 Å². The van der Waals surface area contributed by atoms with E-state index in [1.807, 2.05) is 6.07 Å². The maximum Gasteiger partial charge on any atom is 0.222 e. The number of hydrogen-bond acceptors (Lipinski definition) is 9. The summed E-state index contributed by atoms with van der Waals surface area (Å²) < 4.78 is 16.6. The van der Waals surface area contributed by atoms with E-state index >= 15 is 0 Å². The van der Waals surface area contributed by atoms with Gasteiger partial charge in [-0.25, -0.2) is 4.98 Å². The summed E-state index contributed by atoms with van der Waals surface area (Å²) >= 11 is 0. The number of hydrogen-bond donors (Lipinski definition) is 2. The Labute approximate surface area is 172 Å². The fourth-order valence-electron chi connectivity index (χ4n) is 2.89. The molecule has 1 heterocycles. The molecule has 0 aliphatic heterocycles. The molecule has 0 spiro atoms. The number of aldehydes is 1. The number of benzene rings is 2. The number of carbonyl (C=O) groups is 1. The number of carbonyl (C=O) groups excluding carboxylic acids is 1. The summed E-state index contributed by atoms with van der Waals surface area (Å²) in [6.07, 6.45) is 0.754. The van der Waals surface area contributed by atoms with Crippen LogP contribution >= 0.6 is 0 Å². The number of nitriles is 1. The van der Waals surface area contributed by atoms with Crippen molar-refractivity contribution in [2.24, 2.45) is 0 Å². The van der Waals surface area contributed by atoms with Crippen LogP contribution in [0.2, 0.25) is 0 Å². The molecule has 30 heavy (non-hydrogen) atoms.